The van der Waals surface area contributed by atoms with E-state index >= 15 is 0 Å². The number of carbonyl (C=O) groups is 3. The number of ether oxygens (including phenoxy) is 4. The summed E-state index contributed by atoms with van der Waals surface area (Å²) >= 11 is 0. The molecule has 2 rings (SSSR count). The maximum atomic E-state index is 13.0. The Morgan fingerprint density at radius 2 is 1.19 bits per heavy atom. The molecule has 0 aromatic carbocycles. The Balaban J connectivity index is 2.06. The summed E-state index contributed by atoms with van der Waals surface area (Å²) in [5.74, 6) is -2.00. The largest absolute Gasteiger partial charge is 0.461 e. The van der Waals surface area contributed by atoms with Gasteiger partial charge in [0.1, 0.15) is 19.3 Å². The number of carbonyl (C=O) groups excluding carboxylic acids is 3. The van der Waals surface area contributed by atoms with Gasteiger partial charge in [-0.1, -0.05) is 117 Å². The van der Waals surface area contributed by atoms with E-state index in [1.807, 2.05) is 0 Å². The number of unbranched alkanes of at least 4 members (excludes halogenated alkanes) is 16. The highest BCUT2D eigenvalue weighted by molar-refractivity contribution is 5.71. The molecule has 1 saturated heterocycles. The quantitative estimate of drug-likeness (QED) is 0.0719. The van der Waals surface area contributed by atoms with E-state index in [0.29, 0.717) is 12.8 Å². The molecule has 4 atom stereocenters. The van der Waals surface area contributed by atoms with Gasteiger partial charge in [0, 0.05) is 25.1 Å². The zero-order valence-corrected chi connectivity index (χ0v) is 28.6. The Morgan fingerprint density at radius 1 is 0.723 bits per heavy atom. The van der Waals surface area contributed by atoms with Crippen LogP contribution in [0.1, 0.15) is 148 Å². The van der Waals surface area contributed by atoms with E-state index in [1.54, 1.807) is 0 Å². The highest BCUT2D eigenvalue weighted by Gasteiger charge is 2.51. The van der Waals surface area contributed by atoms with Crippen molar-refractivity contribution >= 4 is 17.9 Å². The fourth-order valence-corrected chi connectivity index (χ4v) is 5.76. The molecule has 47 heavy (non-hydrogen) atoms. The van der Waals surface area contributed by atoms with E-state index in [9.17, 15) is 24.0 Å². The van der Waals surface area contributed by atoms with Crippen molar-refractivity contribution in [3.05, 3.63) is 33.1 Å². The number of nitrogens with zero attached hydrogens (tertiary/aromatic N) is 1. The Labute approximate surface area is 278 Å². The minimum atomic E-state index is -1.27. The van der Waals surface area contributed by atoms with E-state index in [1.165, 1.54) is 70.4 Å². The van der Waals surface area contributed by atoms with Gasteiger partial charge in [0.2, 0.25) is 0 Å². The molecular formula is C35H58N2O10. The minimum Gasteiger partial charge on any atom is -0.461 e. The summed E-state index contributed by atoms with van der Waals surface area (Å²) in [4.78, 5) is 64.4. The number of hydrogen-bond acceptors (Lipinski definition) is 10. The molecule has 268 valence electrons. The summed E-state index contributed by atoms with van der Waals surface area (Å²) in [7, 11) is 0. The van der Waals surface area contributed by atoms with E-state index in [0.717, 1.165) is 49.2 Å². The lowest BCUT2D eigenvalue weighted by Crippen LogP contribution is -2.43. The van der Waals surface area contributed by atoms with Gasteiger partial charge in [0.25, 0.3) is 5.56 Å². The zero-order chi connectivity index (χ0) is 34.3. The molecule has 1 aliphatic rings. The normalized spacial score (nSPS) is 19.0. The van der Waals surface area contributed by atoms with Gasteiger partial charge in [-0.25, -0.2) is 9.59 Å². The Kier molecular flexibility index (Phi) is 20.7. The molecule has 1 aromatic rings. The lowest BCUT2D eigenvalue weighted by atomic mass is 10.1. The molecule has 0 radical (unpaired) electrons. The van der Waals surface area contributed by atoms with Crippen LogP contribution in [-0.2, 0) is 33.3 Å². The molecular weight excluding hydrogens is 608 g/mol. The first-order chi connectivity index (χ1) is 22.8. The van der Waals surface area contributed by atoms with Crippen molar-refractivity contribution in [2.24, 2.45) is 0 Å². The number of H-pyrrole nitrogens is 1. The summed E-state index contributed by atoms with van der Waals surface area (Å²) in [6, 6.07) is 1.12. The Morgan fingerprint density at radius 3 is 1.66 bits per heavy atom. The first-order valence-corrected chi connectivity index (χ1v) is 17.9. The van der Waals surface area contributed by atoms with Gasteiger partial charge in [0.15, 0.2) is 18.4 Å². The molecule has 2 N–H and O–H groups in total. The third-order valence-electron chi connectivity index (χ3n) is 8.45. The number of esters is 3. The molecule has 1 aromatic heterocycles. The van der Waals surface area contributed by atoms with E-state index in [2.05, 4.69) is 18.8 Å². The van der Waals surface area contributed by atoms with Crippen molar-refractivity contribution in [2.45, 2.75) is 167 Å². The van der Waals surface area contributed by atoms with Crippen LogP contribution in [0.5, 0.6) is 0 Å². The smallest absolute Gasteiger partial charge is 0.331 e. The highest BCUT2D eigenvalue weighted by atomic mass is 16.7. The molecule has 0 aliphatic carbocycles. The van der Waals surface area contributed by atoms with Gasteiger partial charge in [-0.3, -0.25) is 23.9 Å². The summed E-state index contributed by atoms with van der Waals surface area (Å²) < 4.78 is 23.8. The third-order valence-corrected chi connectivity index (χ3v) is 8.45. The van der Waals surface area contributed by atoms with E-state index < -0.39 is 66.9 Å². The minimum absolute atomic E-state index is 0.128. The monoisotopic (exact) mass is 666 g/mol. The fraction of sp³-hybridized carbons (Fsp3) is 0.800. The molecule has 0 unspecified atom stereocenters. The van der Waals surface area contributed by atoms with E-state index in [4.69, 9.17) is 24.1 Å². The maximum absolute atomic E-state index is 13.0. The predicted molar refractivity (Wildman–Crippen MR) is 177 cm³/mol. The van der Waals surface area contributed by atoms with Crippen molar-refractivity contribution < 1.29 is 38.4 Å². The molecule has 12 nitrogen and oxygen atoms in total. The lowest BCUT2D eigenvalue weighted by Gasteiger charge is -2.25. The van der Waals surface area contributed by atoms with Crippen LogP contribution in [-0.4, -0.2) is 64.1 Å². The predicted octanol–water partition coefficient (Wildman–Crippen LogP) is 5.63. The van der Waals surface area contributed by atoms with Gasteiger partial charge >= 0.3 is 23.6 Å². The van der Waals surface area contributed by atoms with Crippen molar-refractivity contribution in [1.29, 1.82) is 0 Å². The summed E-state index contributed by atoms with van der Waals surface area (Å²) in [6.07, 6.45) is 16.1. The molecule has 0 bridgehead atoms. The number of aliphatic hydroxyl groups excluding tert-OH is 1. The van der Waals surface area contributed by atoms with E-state index in [-0.39, 0.29) is 12.8 Å². The Hall–Kier alpha value is -2.99. The summed E-state index contributed by atoms with van der Waals surface area (Å²) in [5, 5.41) is 9.13. The van der Waals surface area contributed by atoms with Crippen molar-refractivity contribution in [3.63, 3.8) is 0 Å². The van der Waals surface area contributed by atoms with Crippen molar-refractivity contribution in [3.8, 4) is 0 Å². The zero-order valence-electron chi connectivity index (χ0n) is 28.6. The molecule has 12 heteroatoms. The topological polar surface area (TPSA) is 163 Å². The van der Waals surface area contributed by atoms with Crippen LogP contribution in [0.2, 0.25) is 0 Å². The molecule has 1 fully saturated rings. The number of aromatic amines is 1. The van der Waals surface area contributed by atoms with Crippen LogP contribution >= 0.6 is 0 Å². The third kappa shape index (κ3) is 16.1. The SMILES string of the molecule is CCCCCCCCCCCC(=O)O[C@@H]1[C@H](OC(=O)CCCCCCCCCCC)[C@@H](COC(=O)CO)O[C@H]1n1ccc(=O)[nH]c1=O. The molecule has 0 saturated carbocycles. The number of aromatic nitrogens is 2. The molecule has 0 amide bonds. The van der Waals surface area contributed by atoms with Gasteiger partial charge < -0.3 is 24.1 Å². The van der Waals surface area contributed by atoms with Crippen LogP contribution < -0.4 is 11.2 Å². The average Bonchev–Trinajstić information content (AvgIpc) is 3.37. The standard InChI is InChI=1S/C35H58N2O10/c1-3-5-7-9-11-13-15-17-19-21-29(40)46-32-27(26-44-31(42)25-38)45-34(37-24-23-28(39)36-35(37)43)33(32)47-30(41)22-20-18-16-14-12-10-8-6-4-2/h23-24,27,32-34,38H,3-22,25-26H2,1-2H3,(H,36,39,43)/t27-,32-,33-,34-/m1/s1. The first-order valence-electron chi connectivity index (χ1n) is 17.9. The maximum Gasteiger partial charge on any atom is 0.331 e. The van der Waals surface area contributed by atoms with Crippen LogP contribution in [0.4, 0.5) is 0 Å². The number of nitrogens with one attached hydrogen (secondary N) is 1. The molecule has 2 heterocycles. The average molecular weight is 667 g/mol. The number of hydrogen-bond donors (Lipinski definition) is 2. The lowest BCUT2D eigenvalue weighted by molar-refractivity contribution is -0.169. The molecule has 0 spiro atoms. The number of rotatable bonds is 26. The van der Waals surface area contributed by atoms with Crippen LogP contribution in [0.25, 0.3) is 0 Å². The second-order valence-corrected chi connectivity index (χ2v) is 12.5. The van der Waals surface area contributed by atoms with Crippen LogP contribution in [0, 0.1) is 0 Å². The van der Waals surface area contributed by atoms with Gasteiger partial charge in [-0.15, -0.1) is 0 Å². The van der Waals surface area contributed by atoms with Crippen molar-refractivity contribution in [2.75, 3.05) is 13.2 Å². The van der Waals surface area contributed by atoms with Crippen molar-refractivity contribution in [1.82, 2.24) is 9.55 Å². The summed E-state index contributed by atoms with van der Waals surface area (Å²) in [6.45, 7) is 3.09. The highest BCUT2D eigenvalue weighted by Crippen LogP contribution is 2.34. The molecule has 1 aliphatic heterocycles. The first kappa shape index (κ1) is 40.2. The van der Waals surface area contributed by atoms with Crippen LogP contribution in [0.15, 0.2) is 21.9 Å². The number of aliphatic hydroxyl groups is 1. The second-order valence-electron chi connectivity index (χ2n) is 12.5. The van der Waals surface area contributed by atoms with Gasteiger partial charge in [-0.2, -0.15) is 0 Å². The van der Waals surface area contributed by atoms with Gasteiger partial charge in [-0.05, 0) is 12.8 Å². The second kappa shape index (κ2) is 24.2. The van der Waals surface area contributed by atoms with Gasteiger partial charge in [0.05, 0.1) is 0 Å². The fourth-order valence-electron chi connectivity index (χ4n) is 5.76. The summed E-state index contributed by atoms with van der Waals surface area (Å²) in [5.41, 5.74) is -1.43. The van der Waals surface area contributed by atoms with Crippen LogP contribution in [0.3, 0.4) is 0 Å². The Bertz CT molecular complexity index is 1150.